The first-order valence-corrected chi connectivity index (χ1v) is 11.4. The van der Waals surface area contributed by atoms with E-state index in [0.717, 1.165) is 49.7 Å². The first-order valence-electron chi connectivity index (χ1n) is 11.4. The van der Waals surface area contributed by atoms with Gasteiger partial charge in [-0.15, -0.1) is 0 Å². The molecule has 2 aliphatic carbocycles. The van der Waals surface area contributed by atoms with Crippen LogP contribution in [0.5, 0.6) is 5.75 Å². The Bertz CT molecular complexity index is 772. The Morgan fingerprint density at radius 3 is 1.97 bits per heavy atom. The van der Waals surface area contributed by atoms with Gasteiger partial charge in [-0.1, -0.05) is 61.7 Å². The van der Waals surface area contributed by atoms with Crippen LogP contribution in [0.15, 0.2) is 54.6 Å². The molecule has 2 aromatic rings. The summed E-state index contributed by atoms with van der Waals surface area (Å²) >= 11 is 0. The van der Waals surface area contributed by atoms with Crippen LogP contribution in [-0.2, 0) is 14.3 Å². The molecule has 0 bridgehead atoms. The van der Waals surface area contributed by atoms with Gasteiger partial charge in [0.2, 0.25) is 0 Å². The Labute approximate surface area is 179 Å². The van der Waals surface area contributed by atoms with E-state index in [1.54, 1.807) is 0 Å². The molecule has 0 radical (unpaired) electrons. The molecule has 2 aromatic carbocycles. The van der Waals surface area contributed by atoms with Crippen molar-refractivity contribution in [2.24, 2.45) is 5.92 Å². The molecule has 0 atom stereocenters. The predicted octanol–water partition coefficient (Wildman–Crippen LogP) is 6.14. The zero-order valence-electron chi connectivity index (χ0n) is 17.6. The van der Waals surface area contributed by atoms with Crippen LogP contribution in [0.4, 0.5) is 0 Å². The molecule has 0 amide bonds. The second-order valence-electron chi connectivity index (χ2n) is 8.50. The molecule has 2 saturated carbocycles. The molecular weight excluding hydrogens is 376 g/mol. The van der Waals surface area contributed by atoms with Crippen molar-refractivity contribution in [2.75, 3.05) is 6.79 Å². The smallest absolute Gasteiger partial charge is 0.314 e. The number of carbonyl (C=O) groups is 1. The third kappa shape index (κ3) is 5.93. The molecule has 2 aliphatic rings. The minimum atomic E-state index is -0.126. The lowest BCUT2D eigenvalue weighted by Crippen LogP contribution is -2.30. The largest absolute Gasteiger partial charge is 0.426 e. The second-order valence-corrected chi connectivity index (χ2v) is 8.50. The maximum absolute atomic E-state index is 12.6. The monoisotopic (exact) mass is 408 g/mol. The number of hydrogen-bond acceptors (Lipinski definition) is 4. The van der Waals surface area contributed by atoms with E-state index in [1.165, 1.54) is 19.3 Å². The lowest BCUT2D eigenvalue weighted by atomic mass is 9.87. The highest BCUT2D eigenvalue weighted by Crippen LogP contribution is 2.29. The summed E-state index contributed by atoms with van der Waals surface area (Å²) in [5.41, 5.74) is 2.27. The number of benzene rings is 2. The molecule has 0 aliphatic heterocycles. The Morgan fingerprint density at radius 1 is 0.700 bits per heavy atom. The van der Waals surface area contributed by atoms with Crippen molar-refractivity contribution in [3.8, 4) is 16.9 Å². The number of ether oxygens (including phenoxy) is 3. The van der Waals surface area contributed by atoms with Crippen LogP contribution in [-0.4, -0.2) is 25.0 Å². The Morgan fingerprint density at radius 2 is 1.30 bits per heavy atom. The number of rotatable bonds is 7. The van der Waals surface area contributed by atoms with Gasteiger partial charge in [0.25, 0.3) is 0 Å². The van der Waals surface area contributed by atoms with Gasteiger partial charge in [0.05, 0.1) is 18.1 Å². The van der Waals surface area contributed by atoms with E-state index in [1.807, 2.05) is 42.5 Å². The van der Waals surface area contributed by atoms with Crippen LogP contribution in [0.25, 0.3) is 11.1 Å². The standard InChI is InChI=1S/C26H32O4/c27-26(30-25-17-11-21(12-18-25)20-7-3-1-4-8-20)22-13-15-24(16-14-22)29-19-28-23-9-5-2-6-10-23/h1,3-4,7-8,11-12,17-18,22-24H,2,5-6,9-10,13-16,19H2. The lowest BCUT2D eigenvalue weighted by Gasteiger charge is -2.28. The van der Waals surface area contributed by atoms with Crippen LogP contribution in [0.3, 0.4) is 0 Å². The summed E-state index contributed by atoms with van der Waals surface area (Å²) in [4.78, 5) is 12.6. The highest BCUT2D eigenvalue weighted by atomic mass is 16.7. The van der Waals surface area contributed by atoms with E-state index in [0.29, 0.717) is 18.6 Å². The second kappa shape index (κ2) is 10.7. The fourth-order valence-corrected chi connectivity index (χ4v) is 4.47. The van der Waals surface area contributed by atoms with E-state index in [2.05, 4.69) is 12.1 Å². The van der Waals surface area contributed by atoms with E-state index in [4.69, 9.17) is 14.2 Å². The molecule has 4 nitrogen and oxygen atoms in total. The zero-order chi connectivity index (χ0) is 20.6. The van der Waals surface area contributed by atoms with E-state index < -0.39 is 0 Å². The molecule has 0 aromatic heterocycles. The molecule has 2 fully saturated rings. The third-order valence-electron chi connectivity index (χ3n) is 6.35. The van der Waals surface area contributed by atoms with Crippen molar-refractivity contribution in [3.63, 3.8) is 0 Å². The Balaban J connectivity index is 1.18. The van der Waals surface area contributed by atoms with Crippen molar-refractivity contribution in [3.05, 3.63) is 54.6 Å². The molecule has 4 rings (SSSR count). The lowest BCUT2D eigenvalue weighted by molar-refractivity contribution is -0.146. The highest BCUT2D eigenvalue weighted by Gasteiger charge is 2.28. The van der Waals surface area contributed by atoms with Crippen LogP contribution >= 0.6 is 0 Å². The zero-order valence-corrected chi connectivity index (χ0v) is 17.6. The van der Waals surface area contributed by atoms with Gasteiger partial charge in [-0.25, -0.2) is 0 Å². The summed E-state index contributed by atoms with van der Waals surface area (Å²) < 4.78 is 17.4. The van der Waals surface area contributed by atoms with Crippen LogP contribution in [0, 0.1) is 5.92 Å². The maximum atomic E-state index is 12.6. The molecule has 30 heavy (non-hydrogen) atoms. The molecule has 0 unspecified atom stereocenters. The van der Waals surface area contributed by atoms with Crippen LogP contribution in [0.1, 0.15) is 57.8 Å². The third-order valence-corrected chi connectivity index (χ3v) is 6.35. The summed E-state index contributed by atoms with van der Waals surface area (Å²) in [6, 6.07) is 17.9. The SMILES string of the molecule is O=C(Oc1ccc(-c2ccccc2)cc1)C1CCC(OCOC2CCCCC2)CC1. The van der Waals surface area contributed by atoms with Gasteiger partial charge in [-0.2, -0.15) is 0 Å². The Hall–Kier alpha value is -2.17. The molecule has 0 heterocycles. The predicted molar refractivity (Wildman–Crippen MR) is 117 cm³/mol. The minimum absolute atomic E-state index is 0.0436. The van der Waals surface area contributed by atoms with Crippen LogP contribution in [0.2, 0.25) is 0 Å². The van der Waals surface area contributed by atoms with Gasteiger partial charge in [0.1, 0.15) is 12.5 Å². The summed E-state index contributed by atoms with van der Waals surface area (Å²) in [6.45, 7) is 0.387. The summed E-state index contributed by atoms with van der Waals surface area (Å²) in [5.74, 6) is 0.441. The summed E-state index contributed by atoms with van der Waals surface area (Å²) in [6.07, 6.45) is 10.2. The van der Waals surface area contributed by atoms with Gasteiger partial charge in [-0.05, 0) is 61.8 Å². The van der Waals surface area contributed by atoms with Gasteiger partial charge < -0.3 is 14.2 Å². The number of esters is 1. The van der Waals surface area contributed by atoms with Crippen molar-refractivity contribution in [2.45, 2.75) is 70.0 Å². The van der Waals surface area contributed by atoms with Crippen molar-refractivity contribution in [1.29, 1.82) is 0 Å². The van der Waals surface area contributed by atoms with E-state index in [9.17, 15) is 4.79 Å². The molecule has 4 heteroatoms. The van der Waals surface area contributed by atoms with Crippen molar-refractivity contribution in [1.82, 2.24) is 0 Å². The highest BCUT2D eigenvalue weighted by molar-refractivity contribution is 5.75. The first-order chi connectivity index (χ1) is 14.8. The average Bonchev–Trinajstić information content (AvgIpc) is 2.81. The summed E-state index contributed by atoms with van der Waals surface area (Å²) in [7, 11) is 0. The van der Waals surface area contributed by atoms with Gasteiger partial charge >= 0.3 is 5.97 Å². The fraction of sp³-hybridized carbons (Fsp3) is 0.500. The van der Waals surface area contributed by atoms with Gasteiger partial charge in [0, 0.05) is 0 Å². The maximum Gasteiger partial charge on any atom is 0.314 e. The van der Waals surface area contributed by atoms with E-state index in [-0.39, 0.29) is 18.0 Å². The average molecular weight is 409 g/mol. The molecule has 0 saturated heterocycles. The topological polar surface area (TPSA) is 44.8 Å². The van der Waals surface area contributed by atoms with Gasteiger partial charge in [0.15, 0.2) is 0 Å². The number of carbonyl (C=O) groups excluding carboxylic acids is 1. The first kappa shape index (κ1) is 21.1. The summed E-state index contributed by atoms with van der Waals surface area (Å²) in [5, 5.41) is 0. The van der Waals surface area contributed by atoms with Crippen LogP contribution < -0.4 is 4.74 Å². The molecule has 0 N–H and O–H groups in total. The molecular formula is C26H32O4. The Kier molecular flexibility index (Phi) is 7.54. The molecule has 0 spiro atoms. The fourth-order valence-electron chi connectivity index (χ4n) is 4.47. The number of hydrogen-bond donors (Lipinski definition) is 0. The van der Waals surface area contributed by atoms with Crippen molar-refractivity contribution >= 4 is 5.97 Å². The quantitative estimate of drug-likeness (QED) is 0.313. The van der Waals surface area contributed by atoms with Crippen molar-refractivity contribution < 1.29 is 19.0 Å². The normalized spacial score (nSPS) is 22.5. The van der Waals surface area contributed by atoms with E-state index >= 15 is 0 Å². The minimum Gasteiger partial charge on any atom is -0.426 e. The molecule has 160 valence electrons. The van der Waals surface area contributed by atoms with Gasteiger partial charge in [-0.3, -0.25) is 4.79 Å².